The summed E-state index contributed by atoms with van der Waals surface area (Å²) in [5.41, 5.74) is 1.12. The molecule has 5 rings (SSSR count). The summed E-state index contributed by atoms with van der Waals surface area (Å²) in [5.74, 6) is 2.67. The average molecular weight is 361 g/mol. The Kier molecular flexibility index (Phi) is 4.57. The van der Waals surface area contributed by atoms with E-state index in [9.17, 15) is 4.79 Å². The first kappa shape index (κ1) is 17.4. The Balaban J connectivity index is 1.39. The Labute approximate surface area is 155 Å². The number of rotatable bonds is 5. The van der Waals surface area contributed by atoms with Crippen LogP contribution in [0.1, 0.15) is 64.0 Å². The fourth-order valence-electron chi connectivity index (χ4n) is 6.00. The third kappa shape index (κ3) is 3.46. The van der Waals surface area contributed by atoms with Gasteiger partial charge < -0.3 is 5.32 Å². The zero-order valence-corrected chi connectivity index (χ0v) is 16.0. The molecule has 4 heteroatoms. The topological polar surface area (TPSA) is 41.1 Å². The van der Waals surface area contributed by atoms with Crippen molar-refractivity contribution in [1.82, 2.24) is 10.6 Å². The molecule has 0 saturated heterocycles. The van der Waals surface area contributed by atoms with Crippen LogP contribution in [0.5, 0.6) is 0 Å². The first-order valence-corrected chi connectivity index (χ1v) is 10.1. The third-order valence-electron chi connectivity index (χ3n) is 6.69. The van der Waals surface area contributed by atoms with Gasteiger partial charge in [-0.25, -0.2) is 0 Å². The van der Waals surface area contributed by atoms with Crippen LogP contribution in [0.2, 0.25) is 5.02 Å². The molecule has 4 bridgehead atoms. The van der Waals surface area contributed by atoms with Crippen LogP contribution in [0.3, 0.4) is 0 Å². The van der Waals surface area contributed by atoms with Gasteiger partial charge in [0.1, 0.15) is 0 Å². The van der Waals surface area contributed by atoms with Crippen molar-refractivity contribution in [3.05, 3.63) is 34.9 Å². The normalized spacial score (nSPS) is 35.4. The summed E-state index contributed by atoms with van der Waals surface area (Å²) in [6, 6.07) is 7.66. The second kappa shape index (κ2) is 6.59. The summed E-state index contributed by atoms with van der Waals surface area (Å²) >= 11 is 6.29. The van der Waals surface area contributed by atoms with Crippen molar-refractivity contribution in [2.75, 3.05) is 0 Å². The first-order valence-electron chi connectivity index (χ1n) is 9.76. The van der Waals surface area contributed by atoms with Gasteiger partial charge in [-0.15, -0.1) is 0 Å². The summed E-state index contributed by atoms with van der Waals surface area (Å²) in [7, 11) is 0. The van der Waals surface area contributed by atoms with Crippen LogP contribution < -0.4 is 10.6 Å². The van der Waals surface area contributed by atoms with E-state index in [0.29, 0.717) is 0 Å². The van der Waals surface area contributed by atoms with Gasteiger partial charge in [0.05, 0.1) is 6.04 Å². The molecule has 0 aromatic heterocycles. The Bertz CT molecular complexity index is 624. The summed E-state index contributed by atoms with van der Waals surface area (Å²) in [4.78, 5) is 12.9. The molecule has 0 unspecified atom stereocenters. The third-order valence-corrected chi connectivity index (χ3v) is 7.04. The maximum Gasteiger partial charge on any atom is 0.237 e. The molecule has 2 atom stereocenters. The number of amides is 1. The number of hydrogen-bond donors (Lipinski definition) is 2. The highest BCUT2D eigenvalue weighted by molar-refractivity contribution is 6.31. The van der Waals surface area contributed by atoms with E-state index in [1.807, 2.05) is 31.2 Å². The van der Waals surface area contributed by atoms with Crippen LogP contribution in [-0.2, 0) is 4.79 Å². The highest BCUT2D eigenvalue weighted by atomic mass is 35.5. The maximum absolute atomic E-state index is 12.9. The summed E-state index contributed by atoms with van der Waals surface area (Å²) in [5, 5.41) is 7.63. The Morgan fingerprint density at radius 3 is 2.20 bits per heavy atom. The average Bonchev–Trinajstić information content (AvgIpc) is 2.53. The van der Waals surface area contributed by atoms with E-state index in [4.69, 9.17) is 11.6 Å². The molecule has 0 radical (unpaired) electrons. The molecular formula is C21H29ClN2O. The van der Waals surface area contributed by atoms with Gasteiger partial charge in [0.25, 0.3) is 0 Å². The number of nitrogens with one attached hydrogen (secondary N) is 2. The van der Waals surface area contributed by atoms with Gasteiger partial charge >= 0.3 is 0 Å². The second-order valence-electron chi connectivity index (χ2n) is 8.82. The fraction of sp³-hybridized carbons (Fsp3) is 0.667. The lowest BCUT2D eigenvalue weighted by atomic mass is 9.53. The largest absolute Gasteiger partial charge is 0.349 e. The Hall–Kier alpha value is -1.06. The van der Waals surface area contributed by atoms with Gasteiger partial charge in [-0.05, 0) is 81.8 Å². The lowest BCUT2D eigenvalue weighted by Gasteiger charge is -2.57. The lowest BCUT2D eigenvalue weighted by Crippen LogP contribution is -2.62. The molecule has 0 heterocycles. The van der Waals surface area contributed by atoms with Crippen molar-refractivity contribution in [2.45, 2.75) is 70.0 Å². The molecule has 0 spiro atoms. The Morgan fingerprint density at radius 2 is 1.64 bits per heavy atom. The van der Waals surface area contributed by atoms with Crippen LogP contribution in [0, 0.1) is 17.8 Å². The van der Waals surface area contributed by atoms with E-state index in [1.165, 1.54) is 38.5 Å². The minimum absolute atomic E-state index is 0.0470. The number of carbonyl (C=O) groups excluding carboxylic acids is 1. The van der Waals surface area contributed by atoms with Gasteiger partial charge in [0, 0.05) is 16.6 Å². The molecule has 3 nitrogen and oxygen atoms in total. The molecular weight excluding hydrogens is 332 g/mol. The van der Waals surface area contributed by atoms with Crippen LogP contribution in [0.4, 0.5) is 0 Å². The van der Waals surface area contributed by atoms with Crippen LogP contribution in [0.25, 0.3) is 0 Å². The van der Waals surface area contributed by atoms with Crippen LogP contribution in [0.15, 0.2) is 24.3 Å². The quantitative estimate of drug-likeness (QED) is 0.813. The van der Waals surface area contributed by atoms with E-state index in [2.05, 4.69) is 17.6 Å². The zero-order chi connectivity index (χ0) is 17.6. The van der Waals surface area contributed by atoms with Crippen molar-refractivity contribution in [1.29, 1.82) is 0 Å². The van der Waals surface area contributed by atoms with Gasteiger partial charge in [0.2, 0.25) is 5.91 Å². The molecule has 1 aromatic rings. The van der Waals surface area contributed by atoms with Crippen LogP contribution >= 0.6 is 11.6 Å². The van der Waals surface area contributed by atoms with Crippen LogP contribution in [-0.4, -0.2) is 17.5 Å². The summed E-state index contributed by atoms with van der Waals surface area (Å²) < 4.78 is 0. The number of carbonyl (C=O) groups is 1. The minimum Gasteiger partial charge on any atom is -0.349 e. The predicted octanol–water partition coefficient (Wildman–Crippen LogP) is 4.46. The predicted molar refractivity (Wildman–Crippen MR) is 102 cm³/mol. The minimum atomic E-state index is -0.223. The molecule has 0 aliphatic heterocycles. The number of hydrogen-bond acceptors (Lipinski definition) is 2. The molecule has 4 saturated carbocycles. The molecule has 25 heavy (non-hydrogen) atoms. The molecule has 1 amide bonds. The monoisotopic (exact) mass is 360 g/mol. The van der Waals surface area contributed by atoms with E-state index < -0.39 is 0 Å². The molecule has 1 aromatic carbocycles. The van der Waals surface area contributed by atoms with Gasteiger partial charge in [-0.2, -0.15) is 0 Å². The number of benzene rings is 1. The Morgan fingerprint density at radius 1 is 1.08 bits per heavy atom. The molecule has 4 aliphatic carbocycles. The van der Waals surface area contributed by atoms with E-state index in [0.717, 1.165) is 28.3 Å². The van der Waals surface area contributed by atoms with Gasteiger partial charge in [-0.3, -0.25) is 10.1 Å². The van der Waals surface area contributed by atoms with Crippen molar-refractivity contribution in [3.63, 3.8) is 0 Å². The standard InChI is InChI=1S/C21H29ClN2O/c1-13(18-5-3-4-6-19(18)22)23-14(2)20(25)24-21-10-15-7-16(11-21)9-17(8-15)12-21/h3-6,13-17,23H,7-12H2,1-2H3,(H,24,25)/t13-,14-,15?,16?,17?,21?/m1/s1. The zero-order valence-electron chi connectivity index (χ0n) is 15.2. The van der Waals surface area contributed by atoms with E-state index in [1.54, 1.807) is 0 Å². The van der Waals surface area contributed by atoms with E-state index in [-0.39, 0.29) is 23.5 Å². The van der Waals surface area contributed by atoms with Gasteiger partial charge in [0.15, 0.2) is 0 Å². The van der Waals surface area contributed by atoms with E-state index >= 15 is 0 Å². The smallest absolute Gasteiger partial charge is 0.237 e. The molecule has 2 N–H and O–H groups in total. The fourth-order valence-corrected chi connectivity index (χ4v) is 6.30. The first-order chi connectivity index (χ1) is 11.9. The van der Waals surface area contributed by atoms with Crippen molar-refractivity contribution in [3.8, 4) is 0 Å². The SMILES string of the molecule is C[C@@H](N[C@H](C)c1ccccc1Cl)C(=O)NC12CC3CC(CC(C3)C1)C2. The van der Waals surface area contributed by atoms with Crippen molar-refractivity contribution in [2.24, 2.45) is 17.8 Å². The van der Waals surface area contributed by atoms with Gasteiger partial charge in [-0.1, -0.05) is 29.8 Å². The maximum atomic E-state index is 12.9. The molecule has 4 fully saturated rings. The van der Waals surface area contributed by atoms with Crippen molar-refractivity contribution >= 4 is 17.5 Å². The molecule has 136 valence electrons. The summed E-state index contributed by atoms with van der Waals surface area (Å²) in [6.45, 7) is 4.03. The van der Waals surface area contributed by atoms with Crippen molar-refractivity contribution < 1.29 is 4.79 Å². The second-order valence-corrected chi connectivity index (χ2v) is 9.23. The molecule has 4 aliphatic rings. The lowest BCUT2D eigenvalue weighted by molar-refractivity contribution is -0.128. The highest BCUT2D eigenvalue weighted by Crippen LogP contribution is 2.55. The number of halogens is 1. The summed E-state index contributed by atoms with van der Waals surface area (Å²) in [6.07, 6.45) is 7.76. The highest BCUT2D eigenvalue weighted by Gasteiger charge is 2.51.